The minimum absolute atomic E-state index is 0.0461. The molecule has 5 nitrogen and oxygen atoms in total. The summed E-state index contributed by atoms with van der Waals surface area (Å²) in [5.41, 5.74) is 0.150. The van der Waals surface area contributed by atoms with Crippen molar-refractivity contribution < 1.29 is 9.90 Å². The second kappa shape index (κ2) is 7.24. The van der Waals surface area contributed by atoms with Gasteiger partial charge in [0.1, 0.15) is 5.75 Å². The summed E-state index contributed by atoms with van der Waals surface area (Å²) in [5, 5.41) is 13.2. The zero-order valence-corrected chi connectivity index (χ0v) is 12.0. The van der Waals surface area contributed by atoms with E-state index in [2.05, 4.69) is 10.3 Å². The summed E-state index contributed by atoms with van der Waals surface area (Å²) >= 11 is 0. The molecule has 0 aromatic carbocycles. The minimum Gasteiger partial charge on any atom is -0.505 e. The van der Waals surface area contributed by atoms with E-state index in [1.165, 1.54) is 25.1 Å². The minimum atomic E-state index is -0.183. The molecule has 2 rings (SSSR count). The number of nitrogens with one attached hydrogen (secondary N) is 1. The number of hydrogen-bond acceptors (Lipinski definition) is 4. The molecule has 1 aromatic rings. The molecule has 2 heterocycles. The van der Waals surface area contributed by atoms with Crippen LogP contribution in [0.5, 0.6) is 5.75 Å². The Bertz CT molecular complexity index is 444. The van der Waals surface area contributed by atoms with Crippen molar-refractivity contribution in [2.45, 2.75) is 38.6 Å². The normalized spacial score (nSPS) is 18.8. The van der Waals surface area contributed by atoms with Gasteiger partial charge in [0.15, 0.2) is 5.69 Å². The summed E-state index contributed by atoms with van der Waals surface area (Å²) < 4.78 is 0. The van der Waals surface area contributed by atoms with Crippen molar-refractivity contribution in [1.82, 2.24) is 15.2 Å². The molecule has 1 atom stereocenters. The molecule has 2 N–H and O–H groups in total. The molecular weight excluding hydrogens is 254 g/mol. The van der Waals surface area contributed by atoms with Gasteiger partial charge in [0.2, 0.25) is 0 Å². The van der Waals surface area contributed by atoms with Crippen molar-refractivity contribution in [1.29, 1.82) is 0 Å². The van der Waals surface area contributed by atoms with Crippen LogP contribution in [-0.2, 0) is 0 Å². The number of piperidine rings is 1. The zero-order valence-electron chi connectivity index (χ0n) is 12.0. The maximum Gasteiger partial charge on any atom is 0.276 e. The fourth-order valence-electron chi connectivity index (χ4n) is 2.60. The number of hydrogen-bond donors (Lipinski definition) is 2. The summed E-state index contributed by atoms with van der Waals surface area (Å²) in [6.07, 6.45) is 5.95. The highest BCUT2D eigenvalue weighted by Crippen LogP contribution is 2.17. The lowest BCUT2D eigenvalue weighted by Gasteiger charge is -2.30. The van der Waals surface area contributed by atoms with Gasteiger partial charge >= 0.3 is 0 Å². The highest BCUT2D eigenvalue weighted by atomic mass is 16.3. The summed E-state index contributed by atoms with van der Waals surface area (Å²) in [7, 11) is 0. The van der Waals surface area contributed by atoms with Crippen molar-refractivity contribution in [3.8, 4) is 5.75 Å². The summed E-state index contributed by atoms with van der Waals surface area (Å²) in [6, 6.07) is 3.48. The third-order valence-corrected chi connectivity index (χ3v) is 3.62. The molecule has 1 aliphatic heterocycles. The number of nitrogens with zero attached hydrogens (tertiary/aromatic N) is 2. The summed E-state index contributed by atoms with van der Waals surface area (Å²) in [4.78, 5) is 18.3. The van der Waals surface area contributed by atoms with Crippen molar-refractivity contribution in [3.05, 3.63) is 24.0 Å². The van der Waals surface area contributed by atoms with Gasteiger partial charge in [0.05, 0.1) is 0 Å². The second-order valence-corrected chi connectivity index (χ2v) is 5.27. The molecule has 1 aliphatic rings. The fraction of sp³-hybridized carbons (Fsp3) is 0.600. The second-order valence-electron chi connectivity index (χ2n) is 5.27. The lowest BCUT2D eigenvalue weighted by Crippen LogP contribution is -2.46. The average Bonchev–Trinajstić information content (AvgIpc) is 2.48. The maximum absolute atomic E-state index is 12.5. The monoisotopic (exact) mass is 277 g/mol. The van der Waals surface area contributed by atoms with Gasteiger partial charge in [-0.15, -0.1) is 0 Å². The van der Waals surface area contributed by atoms with E-state index in [9.17, 15) is 9.90 Å². The maximum atomic E-state index is 12.5. The Morgan fingerprint density at radius 1 is 1.55 bits per heavy atom. The first-order valence-corrected chi connectivity index (χ1v) is 7.39. The molecule has 1 fully saturated rings. The molecule has 1 amide bonds. The molecule has 5 heteroatoms. The first-order valence-electron chi connectivity index (χ1n) is 7.39. The number of aromatic hydroxyl groups is 1. The van der Waals surface area contributed by atoms with Crippen LogP contribution in [0.4, 0.5) is 0 Å². The van der Waals surface area contributed by atoms with E-state index in [0.717, 1.165) is 19.4 Å². The Morgan fingerprint density at radius 2 is 2.40 bits per heavy atom. The molecule has 0 aliphatic carbocycles. The Labute approximate surface area is 120 Å². The van der Waals surface area contributed by atoms with Crippen LogP contribution in [0.2, 0.25) is 0 Å². The zero-order chi connectivity index (χ0) is 14.4. The fourth-order valence-corrected chi connectivity index (χ4v) is 2.60. The van der Waals surface area contributed by atoms with E-state index < -0.39 is 0 Å². The van der Waals surface area contributed by atoms with Gasteiger partial charge in [-0.05, 0) is 37.9 Å². The van der Waals surface area contributed by atoms with Gasteiger partial charge in [-0.25, -0.2) is 4.98 Å². The van der Waals surface area contributed by atoms with Crippen LogP contribution >= 0.6 is 0 Å². The quantitative estimate of drug-likeness (QED) is 0.861. The van der Waals surface area contributed by atoms with E-state index in [1.54, 1.807) is 11.0 Å². The number of rotatable bonds is 5. The van der Waals surface area contributed by atoms with Gasteiger partial charge in [0.25, 0.3) is 5.91 Å². The van der Waals surface area contributed by atoms with Crippen LogP contribution < -0.4 is 5.32 Å². The van der Waals surface area contributed by atoms with Crippen molar-refractivity contribution >= 4 is 5.91 Å². The molecule has 110 valence electrons. The number of amides is 1. The summed E-state index contributed by atoms with van der Waals surface area (Å²) in [6.45, 7) is 4.44. The first kappa shape index (κ1) is 14.8. The third kappa shape index (κ3) is 3.70. The number of carbonyl (C=O) groups is 1. The van der Waals surface area contributed by atoms with Crippen molar-refractivity contribution in [2.75, 3.05) is 19.6 Å². The number of pyridine rings is 1. The highest BCUT2D eigenvalue weighted by Gasteiger charge is 2.23. The van der Waals surface area contributed by atoms with E-state index in [1.807, 2.05) is 6.92 Å². The standard InChI is InChI=1S/C15H23N3O2/c1-2-10-18(11-12-6-3-4-8-16-12)15(20)14-13(19)7-5-9-17-14/h5,7,9,12,16,19H,2-4,6,8,10-11H2,1H3. The van der Waals surface area contributed by atoms with Gasteiger partial charge < -0.3 is 15.3 Å². The van der Waals surface area contributed by atoms with Gasteiger partial charge in [-0.2, -0.15) is 0 Å². The Kier molecular flexibility index (Phi) is 5.35. The molecule has 0 spiro atoms. The predicted octanol–water partition coefficient (Wildman–Crippen LogP) is 1.78. The molecule has 1 unspecified atom stereocenters. The molecule has 0 bridgehead atoms. The molecule has 20 heavy (non-hydrogen) atoms. The predicted molar refractivity (Wildman–Crippen MR) is 77.7 cm³/mol. The molecule has 1 aromatic heterocycles. The Balaban J connectivity index is 2.07. The van der Waals surface area contributed by atoms with Crippen LogP contribution in [0, 0.1) is 0 Å². The van der Waals surface area contributed by atoms with Crippen molar-refractivity contribution in [3.63, 3.8) is 0 Å². The van der Waals surface area contributed by atoms with Crippen LogP contribution in [0.25, 0.3) is 0 Å². The SMILES string of the molecule is CCCN(CC1CCCCN1)C(=O)c1ncccc1O. The van der Waals surface area contributed by atoms with Crippen LogP contribution in [0.3, 0.4) is 0 Å². The topological polar surface area (TPSA) is 65.5 Å². The van der Waals surface area contributed by atoms with E-state index in [0.29, 0.717) is 19.1 Å². The molecule has 0 saturated carbocycles. The van der Waals surface area contributed by atoms with Crippen molar-refractivity contribution in [2.24, 2.45) is 0 Å². The Morgan fingerprint density at radius 3 is 3.05 bits per heavy atom. The van der Waals surface area contributed by atoms with E-state index in [-0.39, 0.29) is 17.4 Å². The van der Waals surface area contributed by atoms with Gasteiger partial charge in [-0.3, -0.25) is 4.79 Å². The van der Waals surface area contributed by atoms with Gasteiger partial charge in [0, 0.05) is 25.3 Å². The van der Waals surface area contributed by atoms with E-state index in [4.69, 9.17) is 0 Å². The molecule has 0 radical (unpaired) electrons. The first-order chi connectivity index (χ1) is 9.72. The third-order valence-electron chi connectivity index (χ3n) is 3.62. The number of aromatic nitrogens is 1. The van der Waals surface area contributed by atoms with Crippen LogP contribution in [-0.4, -0.2) is 46.6 Å². The van der Waals surface area contributed by atoms with Crippen LogP contribution in [0.1, 0.15) is 43.1 Å². The summed E-state index contributed by atoms with van der Waals surface area (Å²) in [5.74, 6) is -0.229. The Hall–Kier alpha value is -1.62. The lowest BCUT2D eigenvalue weighted by molar-refractivity contribution is 0.0722. The molecular formula is C15H23N3O2. The smallest absolute Gasteiger partial charge is 0.276 e. The molecule has 1 saturated heterocycles. The highest BCUT2D eigenvalue weighted by molar-refractivity contribution is 5.94. The number of carbonyl (C=O) groups excluding carboxylic acids is 1. The lowest BCUT2D eigenvalue weighted by atomic mass is 10.0. The van der Waals surface area contributed by atoms with E-state index >= 15 is 0 Å². The van der Waals surface area contributed by atoms with Gasteiger partial charge in [-0.1, -0.05) is 13.3 Å². The largest absolute Gasteiger partial charge is 0.505 e. The average molecular weight is 277 g/mol. The van der Waals surface area contributed by atoms with Crippen LogP contribution in [0.15, 0.2) is 18.3 Å².